The van der Waals surface area contributed by atoms with Crippen LogP contribution in [-0.2, 0) is 29.2 Å². The van der Waals surface area contributed by atoms with Gasteiger partial charge in [-0.15, -0.1) is 0 Å². The summed E-state index contributed by atoms with van der Waals surface area (Å²) in [5, 5.41) is 22.0. The van der Waals surface area contributed by atoms with Gasteiger partial charge < -0.3 is 25.2 Å². The highest BCUT2D eigenvalue weighted by atomic mass is 35.5. The number of hydrogen-bond donors (Lipinski definition) is 3. The highest BCUT2D eigenvalue weighted by molar-refractivity contribution is 6.36. The summed E-state index contributed by atoms with van der Waals surface area (Å²) >= 11 is 14.1. The molecule has 10 nitrogen and oxygen atoms in total. The monoisotopic (exact) mass is 829 g/mol. The van der Waals surface area contributed by atoms with E-state index in [0.29, 0.717) is 70.5 Å². The summed E-state index contributed by atoms with van der Waals surface area (Å²) in [6.45, 7) is 1.90. The highest BCUT2D eigenvalue weighted by Gasteiger charge is 2.26. The Labute approximate surface area is 348 Å². The van der Waals surface area contributed by atoms with Crippen LogP contribution in [0.15, 0.2) is 66.9 Å². The molecule has 13 heteroatoms. The minimum atomic E-state index is -0.720. The average Bonchev–Trinajstić information content (AvgIpc) is 3.84. The molecule has 0 bridgehead atoms. The van der Waals surface area contributed by atoms with Crippen LogP contribution in [0.4, 0.5) is 4.39 Å². The first-order valence-corrected chi connectivity index (χ1v) is 20.7. The molecule has 1 aromatic heterocycles. The third-order valence-electron chi connectivity index (χ3n) is 11.8. The topological polar surface area (TPSA) is 118 Å². The van der Waals surface area contributed by atoms with Crippen LogP contribution >= 0.6 is 23.2 Å². The zero-order valence-corrected chi connectivity index (χ0v) is 34.6. The lowest BCUT2D eigenvalue weighted by Gasteiger charge is -2.35. The number of carboxylic acid groups (broad SMARTS) is 1. The Kier molecular flexibility index (Phi) is 13.2. The number of fused-ring (bicyclic) bond motifs is 1. The highest BCUT2D eigenvalue weighted by Crippen LogP contribution is 2.41. The lowest BCUT2D eigenvalue weighted by atomic mass is 9.83. The van der Waals surface area contributed by atoms with E-state index in [0.717, 1.165) is 77.4 Å². The number of amides is 1. The van der Waals surface area contributed by atoms with Gasteiger partial charge >= 0.3 is 5.97 Å². The van der Waals surface area contributed by atoms with Crippen LogP contribution in [0.2, 0.25) is 10.0 Å². The number of nitrogens with zero attached hydrogens (tertiary/aromatic N) is 3. The van der Waals surface area contributed by atoms with E-state index in [-0.39, 0.29) is 24.9 Å². The van der Waals surface area contributed by atoms with E-state index in [1.807, 2.05) is 59.4 Å². The van der Waals surface area contributed by atoms with Crippen molar-refractivity contribution >= 4 is 46.0 Å². The van der Waals surface area contributed by atoms with E-state index < -0.39 is 11.8 Å². The molecule has 2 fully saturated rings. The van der Waals surface area contributed by atoms with Crippen LogP contribution in [-0.4, -0.2) is 71.6 Å². The van der Waals surface area contributed by atoms with Crippen molar-refractivity contribution in [2.75, 3.05) is 27.8 Å². The number of hydrogen-bond acceptors (Lipinski definition) is 7. The van der Waals surface area contributed by atoms with Crippen molar-refractivity contribution in [3.63, 3.8) is 0 Å². The fraction of sp³-hybridized carbons (Fsp3) is 0.400. The number of carbonyl (C=O) groups is 2. The van der Waals surface area contributed by atoms with Crippen molar-refractivity contribution in [3.8, 4) is 33.8 Å². The molecule has 306 valence electrons. The molecule has 58 heavy (non-hydrogen) atoms. The van der Waals surface area contributed by atoms with Gasteiger partial charge in [-0.3, -0.25) is 19.2 Å². The Morgan fingerprint density at radius 3 is 2.45 bits per heavy atom. The summed E-state index contributed by atoms with van der Waals surface area (Å²) in [4.78, 5) is 24.9. The summed E-state index contributed by atoms with van der Waals surface area (Å²) in [5.41, 5.74) is 6.13. The Hall–Kier alpha value is -4.68. The summed E-state index contributed by atoms with van der Waals surface area (Å²) in [6.07, 6.45) is 8.27. The number of halogens is 3. The number of benzene rings is 4. The normalized spacial score (nSPS) is 18.2. The predicted octanol–water partition coefficient (Wildman–Crippen LogP) is 9.11. The first kappa shape index (κ1) is 41.5. The minimum Gasteiger partial charge on any atom is -0.496 e. The molecule has 7 rings (SSSR count). The maximum Gasteiger partial charge on any atom is 0.303 e. The fourth-order valence-corrected chi connectivity index (χ4v) is 9.16. The van der Waals surface area contributed by atoms with E-state index in [4.69, 9.17) is 42.9 Å². The molecule has 1 aliphatic heterocycles. The Morgan fingerprint density at radius 1 is 0.983 bits per heavy atom. The standard InChI is InChI=1S/C45H50Cl2FN5O5/c1-52(32-14-10-27(11-15-32)12-17-44(55)56)25-30-18-38(46)29(21-41(30)57-2)26-53-40-9-5-7-34(36(40)24-50-53)35-8-4-6-33(45(35)47)28-19-39(48)37(42(20-28)58-3)23-49-22-31-13-16-43(54)51-31/h4-9,18-21,24,27,31-32,49H,10-17,22-23,25-26H2,1-3H3,(H,51,54)(H,55,56)/t27?,31-,32?/m0/s1. The second-order valence-electron chi connectivity index (χ2n) is 15.6. The van der Waals surface area contributed by atoms with Crippen LogP contribution in [0.25, 0.3) is 33.2 Å². The first-order valence-electron chi connectivity index (χ1n) is 19.9. The Bertz CT molecular complexity index is 2290. The van der Waals surface area contributed by atoms with E-state index in [1.54, 1.807) is 13.2 Å². The van der Waals surface area contributed by atoms with Gasteiger partial charge in [0.15, 0.2) is 0 Å². The number of carbonyl (C=O) groups excluding carboxylic acids is 1. The third kappa shape index (κ3) is 9.28. The van der Waals surface area contributed by atoms with E-state index in [9.17, 15) is 9.59 Å². The van der Waals surface area contributed by atoms with Gasteiger partial charge in [-0.1, -0.05) is 53.5 Å². The molecule has 2 aliphatic rings. The molecule has 0 spiro atoms. The van der Waals surface area contributed by atoms with E-state index in [1.165, 1.54) is 13.2 Å². The van der Waals surface area contributed by atoms with Crippen molar-refractivity contribution in [1.82, 2.24) is 25.3 Å². The van der Waals surface area contributed by atoms with Gasteiger partial charge in [0.2, 0.25) is 5.91 Å². The van der Waals surface area contributed by atoms with Gasteiger partial charge in [0, 0.05) is 77.2 Å². The van der Waals surface area contributed by atoms with Gasteiger partial charge in [0.05, 0.1) is 37.5 Å². The van der Waals surface area contributed by atoms with Crippen LogP contribution in [0.1, 0.15) is 68.1 Å². The smallest absolute Gasteiger partial charge is 0.303 e. The van der Waals surface area contributed by atoms with Gasteiger partial charge in [-0.05, 0) is 98.5 Å². The van der Waals surface area contributed by atoms with Crippen molar-refractivity contribution in [3.05, 3.63) is 99.4 Å². The van der Waals surface area contributed by atoms with Crippen molar-refractivity contribution < 1.29 is 28.6 Å². The van der Waals surface area contributed by atoms with E-state index in [2.05, 4.69) is 22.6 Å². The molecule has 0 unspecified atom stereocenters. The molecule has 1 amide bonds. The first-order chi connectivity index (χ1) is 28.0. The summed E-state index contributed by atoms with van der Waals surface area (Å²) in [7, 11) is 5.33. The molecule has 1 saturated carbocycles. The number of aromatic nitrogens is 2. The lowest BCUT2D eigenvalue weighted by Crippen LogP contribution is -2.35. The van der Waals surface area contributed by atoms with Crippen LogP contribution in [0.3, 0.4) is 0 Å². The minimum absolute atomic E-state index is 0.0340. The molecule has 4 aromatic carbocycles. The number of nitrogens with one attached hydrogen (secondary N) is 2. The zero-order valence-electron chi connectivity index (χ0n) is 33.1. The van der Waals surface area contributed by atoms with Crippen molar-refractivity contribution in [2.45, 2.75) is 83.1 Å². The number of methoxy groups -OCH3 is 2. The maximum absolute atomic E-state index is 15.7. The number of ether oxygens (including phenoxy) is 2. The summed E-state index contributed by atoms with van der Waals surface area (Å²) in [6, 6.07) is 19.5. The molecule has 1 atom stereocenters. The van der Waals surface area contributed by atoms with Gasteiger partial charge in [0.1, 0.15) is 17.3 Å². The van der Waals surface area contributed by atoms with E-state index >= 15 is 4.39 Å². The number of rotatable bonds is 16. The summed E-state index contributed by atoms with van der Waals surface area (Å²) < 4.78 is 29.1. The molecule has 1 aliphatic carbocycles. The van der Waals surface area contributed by atoms with Crippen LogP contribution < -0.4 is 20.1 Å². The fourth-order valence-electron chi connectivity index (χ4n) is 8.58. The maximum atomic E-state index is 15.7. The second kappa shape index (κ2) is 18.5. The molecule has 2 heterocycles. The lowest BCUT2D eigenvalue weighted by molar-refractivity contribution is -0.137. The van der Waals surface area contributed by atoms with Gasteiger partial charge in [-0.2, -0.15) is 5.10 Å². The Morgan fingerprint density at radius 2 is 1.72 bits per heavy atom. The van der Waals surface area contributed by atoms with Gasteiger partial charge in [0.25, 0.3) is 0 Å². The predicted molar refractivity (Wildman–Crippen MR) is 226 cm³/mol. The van der Waals surface area contributed by atoms with Crippen molar-refractivity contribution in [2.24, 2.45) is 5.92 Å². The van der Waals surface area contributed by atoms with Crippen molar-refractivity contribution in [1.29, 1.82) is 0 Å². The van der Waals surface area contributed by atoms with Crippen LogP contribution in [0, 0.1) is 11.7 Å². The second-order valence-corrected chi connectivity index (χ2v) is 16.3. The largest absolute Gasteiger partial charge is 0.496 e. The van der Waals surface area contributed by atoms with Gasteiger partial charge in [-0.25, -0.2) is 4.39 Å². The zero-order chi connectivity index (χ0) is 40.9. The Balaban J connectivity index is 1.07. The SMILES string of the molecule is COc1cc(Cn2ncc3c(-c4cccc(-c5cc(F)c(CNC[C@@H]6CCC(=O)N6)c(OC)c5)c4Cl)cccc32)c(Cl)cc1CN(C)C1CCC(CCC(=O)O)CC1. The molecule has 0 radical (unpaired) electrons. The number of carboxylic acids is 1. The summed E-state index contributed by atoms with van der Waals surface area (Å²) in [5.74, 6) is 0.562. The quantitative estimate of drug-likeness (QED) is 0.0902. The average molecular weight is 831 g/mol. The third-order valence-corrected chi connectivity index (χ3v) is 12.6. The molecule has 1 saturated heterocycles. The molecular formula is C45H50Cl2FN5O5. The van der Waals surface area contributed by atoms with Crippen LogP contribution in [0.5, 0.6) is 11.5 Å². The molecule has 5 aromatic rings. The molecule has 3 N–H and O–H groups in total. The number of aliphatic carboxylic acids is 1. The molecular weight excluding hydrogens is 780 g/mol.